The number of carbonyl (C=O) groups excluding carboxylic acids is 1. The third-order valence-electron chi connectivity index (χ3n) is 4.63. The van der Waals surface area contributed by atoms with Gasteiger partial charge in [0.25, 0.3) is 0 Å². The zero-order valence-corrected chi connectivity index (χ0v) is 17.7. The first-order chi connectivity index (χ1) is 13.3. The molecule has 1 unspecified atom stereocenters. The molecule has 1 amide bonds. The lowest BCUT2D eigenvalue weighted by Gasteiger charge is -2.25. The Morgan fingerprint density at radius 2 is 1.79 bits per heavy atom. The van der Waals surface area contributed by atoms with Crippen molar-refractivity contribution in [2.45, 2.75) is 25.8 Å². The van der Waals surface area contributed by atoms with E-state index in [0.717, 1.165) is 5.56 Å². The van der Waals surface area contributed by atoms with Crippen molar-refractivity contribution in [1.82, 2.24) is 9.88 Å². The fourth-order valence-electron chi connectivity index (χ4n) is 2.81. The fraction of sp³-hybridized carbons (Fsp3) is 0.238. The molecule has 7 heteroatoms. The van der Waals surface area contributed by atoms with Crippen molar-refractivity contribution in [1.29, 1.82) is 0 Å². The van der Waals surface area contributed by atoms with E-state index in [0.29, 0.717) is 45.1 Å². The van der Waals surface area contributed by atoms with Crippen LogP contribution < -0.4 is 0 Å². The summed E-state index contributed by atoms with van der Waals surface area (Å²) in [6.45, 7) is 1.98. The van der Waals surface area contributed by atoms with Crippen LogP contribution in [0.1, 0.15) is 30.8 Å². The molecule has 0 aliphatic rings. The van der Waals surface area contributed by atoms with Crippen molar-refractivity contribution in [2.75, 3.05) is 7.05 Å². The van der Waals surface area contributed by atoms with E-state index in [-0.39, 0.29) is 11.9 Å². The Labute approximate surface area is 179 Å². The third-order valence-corrected chi connectivity index (χ3v) is 5.43. The average molecular weight is 438 g/mol. The summed E-state index contributed by atoms with van der Waals surface area (Å²) in [6, 6.07) is 12.6. The number of aryl methyl sites for hydroxylation is 1. The van der Waals surface area contributed by atoms with Crippen molar-refractivity contribution >= 4 is 40.7 Å². The van der Waals surface area contributed by atoms with E-state index < -0.39 is 0 Å². The van der Waals surface area contributed by atoms with Crippen LogP contribution in [0.3, 0.4) is 0 Å². The largest absolute Gasteiger partial charge is 0.441 e. The summed E-state index contributed by atoms with van der Waals surface area (Å²) in [5, 5.41) is 1.71. The molecule has 28 heavy (non-hydrogen) atoms. The predicted molar refractivity (Wildman–Crippen MR) is 113 cm³/mol. The number of hydrogen-bond donors (Lipinski definition) is 0. The molecule has 3 aromatic rings. The van der Waals surface area contributed by atoms with E-state index in [1.165, 1.54) is 0 Å². The van der Waals surface area contributed by atoms with Gasteiger partial charge < -0.3 is 9.32 Å². The van der Waals surface area contributed by atoms with Gasteiger partial charge in [-0.15, -0.1) is 0 Å². The number of carbonyl (C=O) groups is 1. The highest BCUT2D eigenvalue weighted by molar-refractivity contribution is 6.36. The molecule has 0 saturated carbocycles. The standard InChI is InChI=1S/C21H19Cl3N2O2/c1-13(14-3-5-15(22)6-4-14)26(2)21(27)10-9-20-25-12-19(28-20)17-8-7-16(23)11-18(17)24/h3-8,11-13H,9-10H2,1-2H3. The number of nitrogens with zero attached hydrogens (tertiary/aromatic N) is 2. The number of aromatic nitrogens is 1. The van der Waals surface area contributed by atoms with Crippen LogP contribution in [-0.4, -0.2) is 22.8 Å². The quantitative estimate of drug-likeness (QED) is 0.445. The minimum atomic E-state index is -0.0576. The molecular formula is C21H19Cl3N2O2. The van der Waals surface area contributed by atoms with Crippen LogP contribution in [0.15, 0.2) is 53.1 Å². The molecule has 4 nitrogen and oxygen atoms in total. The van der Waals surface area contributed by atoms with Crippen LogP contribution in [-0.2, 0) is 11.2 Å². The maximum Gasteiger partial charge on any atom is 0.223 e. The summed E-state index contributed by atoms with van der Waals surface area (Å²) in [5.74, 6) is 1.04. The van der Waals surface area contributed by atoms with Crippen LogP contribution in [0.25, 0.3) is 11.3 Å². The number of hydrogen-bond acceptors (Lipinski definition) is 3. The molecule has 0 aliphatic carbocycles. The van der Waals surface area contributed by atoms with Gasteiger partial charge in [0.1, 0.15) is 0 Å². The summed E-state index contributed by atoms with van der Waals surface area (Å²) in [6.07, 6.45) is 2.30. The summed E-state index contributed by atoms with van der Waals surface area (Å²) in [7, 11) is 1.79. The smallest absolute Gasteiger partial charge is 0.223 e. The van der Waals surface area contributed by atoms with E-state index in [1.807, 2.05) is 31.2 Å². The van der Waals surface area contributed by atoms with E-state index in [2.05, 4.69) is 4.98 Å². The molecule has 1 aromatic heterocycles. The fourth-order valence-corrected chi connectivity index (χ4v) is 3.44. The molecular weight excluding hydrogens is 419 g/mol. The molecule has 0 fully saturated rings. The summed E-state index contributed by atoms with van der Waals surface area (Å²) < 4.78 is 5.75. The molecule has 1 heterocycles. The second-order valence-corrected chi connectivity index (χ2v) is 7.75. The van der Waals surface area contributed by atoms with E-state index in [4.69, 9.17) is 39.2 Å². The topological polar surface area (TPSA) is 46.3 Å². The number of benzene rings is 2. The summed E-state index contributed by atoms with van der Waals surface area (Å²) in [4.78, 5) is 18.5. The monoisotopic (exact) mass is 436 g/mol. The van der Waals surface area contributed by atoms with Crippen LogP contribution in [0, 0.1) is 0 Å². The van der Waals surface area contributed by atoms with E-state index >= 15 is 0 Å². The average Bonchev–Trinajstić information content (AvgIpc) is 3.14. The normalized spacial score (nSPS) is 12.0. The second kappa shape index (κ2) is 8.99. The van der Waals surface area contributed by atoms with Crippen LogP contribution in [0.5, 0.6) is 0 Å². The van der Waals surface area contributed by atoms with Gasteiger partial charge in [0.2, 0.25) is 5.91 Å². The van der Waals surface area contributed by atoms with Crippen molar-refractivity contribution in [3.8, 4) is 11.3 Å². The molecule has 1 atom stereocenters. The Morgan fingerprint density at radius 1 is 1.11 bits per heavy atom. The summed E-state index contributed by atoms with van der Waals surface area (Å²) in [5.41, 5.74) is 1.74. The molecule has 0 N–H and O–H groups in total. The predicted octanol–water partition coefficient (Wildman–Crippen LogP) is 6.45. The first kappa shape index (κ1) is 20.7. The Bertz CT molecular complexity index is 970. The highest BCUT2D eigenvalue weighted by Crippen LogP contribution is 2.31. The van der Waals surface area contributed by atoms with Gasteiger partial charge in [-0.2, -0.15) is 0 Å². The zero-order chi connectivity index (χ0) is 20.3. The highest BCUT2D eigenvalue weighted by atomic mass is 35.5. The highest BCUT2D eigenvalue weighted by Gasteiger charge is 2.18. The number of oxazole rings is 1. The van der Waals surface area contributed by atoms with Crippen molar-refractivity contribution in [2.24, 2.45) is 0 Å². The minimum Gasteiger partial charge on any atom is -0.441 e. The number of rotatable bonds is 6. The molecule has 0 radical (unpaired) electrons. The molecule has 146 valence electrons. The van der Waals surface area contributed by atoms with Crippen molar-refractivity contribution < 1.29 is 9.21 Å². The molecule has 3 rings (SSSR count). The van der Waals surface area contributed by atoms with E-state index in [9.17, 15) is 4.79 Å². The molecule has 0 saturated heterocycles. The van der Waals surface area contributed by atoms with Gasteiger partial charge in [-0.25, -0.2) is 4.98 Å². The van der Waals surface area contributed by atoms with Crippen LogP contribution >= 0.6 is 34.8 Å². The Kier molecular flexibility index (Phi) is 6.65. The third kappa shape index (κ3) is 4.88. The number of amides is 1. The molecule has 0 aliphatic heterocycles. The van der Waals surface area contributed by atoms with Crippen molar-refractivity contribution in [3.63, 3.8) is 0 Å². The lowest BCUT2D eigenvalue weighted by atomic mass is 10.1. The summed E-state index contributed by atoms with van der Waals surface area (Å²) >= 11 is 18.1. The van der Waals surface area contributed by atoms with Gasteiger partial charge in [-0.05, 0) is 42.8 Å². The van der Waals surface area contributed by atoms with Gasteiger partial charge in [0, 0.05) is 35.5 Å². The van der Waals surface area contributed by atoms with Gasteiger partial charge in [0.15, 0.2) is 11.7 Å². The van der Waals surface area contributed by atoms with Gasteiger partial charge in [-0.3, -0.25) is 4.79 Å². The minimum absolute atomic E-state index is 0.00623. The second-order valence-electron chi connectivity index (χ2n) is 6.47. The first-order valence-electron chi connectivity index (χ1n) is 8.76. The van der Waals surface area contributed by atoms with Gasteiger partial charge >= 0.3 is 0 Å². The van der Waals surface area contributed by atoms with Crippen LogP contribution in [0.4, 0.5) is 0 Å². The Morgan fingerprint density at radius 3 is 2.46 bits per heavy atom. The lowest BCUT2D eigenvalue weighted by molar-refractivity contribution is -0.131. The zero-order valence-electron chi connectivity index (χ0n) is 15.5. The Hall–Kier alpha value is -2.01. The Balaban J connectivity index is 1.61. The molecule has 2 aromatic carbocycles. The molecule has 0 bridgehead atoms. The van der Waals surface area contributed by atoms with Gasteiger partial charge in [-0.1, -0.05) is 46.9 Å². The van der Waals surface area contributed by atoms with Gasteiger partial charge in [0.05, 0.1) is 17.3 Å². The SMILES string of the molecule is CC(c1ccc(Cl)cc1)N(C)C(=O)CCc1ncc(-c2ccc(Cl)cc2Cl)o1. The molecule has 0 spiro atoms. The number of halogens is 3. The first-order valence-corrected chi connectivity index (χ1v) is 9.90. The van der Waals surface area contributed by atoms with Crippen molar-refractivity contribution in [3.05, 3.63) is 75.2 Å². The van der Waals surface area contributed by atoms with E-state index in [1.54, 1.807) is 36.3 Å². The maximum atomic E-state index is 12.6. The van der Waals surface area contributed by atoms with Crippen LogP contribution in [0.2, 0.25) is 15.1 Å². The lowest BCUT2D eigenvalue weighted by Crippen LogP contribution is -2.29. The maximum absolute atomic E-state index is 12.6.